The minimum Gasteiger partial charge on any atom is -0.331 e. The molecule has 2 aromatic rings. The second kappa shape index (κ2) is 6.42. The van der Waals surface area contributed by atoms with Crippen LogP contribution in [0, 0.1) is 5.92 Å². The zero-order chi connectivity index (χ0) is 16.5. The van der Waals surface area contributed by atoms with Gasteiger partial charge in [0.2, 0.25) is 0 Å². The highest BCUT2D eigenvalue weighted by atomic mass is 16.2. The predicted molar refractivity (Wildman–Crippen MR) is 94.6 cm³/mol. The van der Waals surface area contributed by atoms with E-state index in [1.165, 1.54) is 12.8 Å². The lowest BCUT2D eigenvalue weighted by molar-refractivity contribution is 0.0587. The van der Waals surface area contributed by atoms with Crippen LogP contribution in [0.15, 0.2) is 36.4 Å². The monoisotopic (exact) mass is 323 g/mol. The van der Waals surface area contributed by atoms with Gasteiger partial charge in [-0.3, -0.25) is 9.89 Å². The molecule has 4 heteroatoms. The number of nitrogens with one attached hydrogen (secondary N) is 1. The molecule has 0 radical (unpaired) electrons. The molecule has 2 fully saturated rings. The first-order valence-electron chi connectivity index (χ1n) is 9.16. The van der Waals surface area contributed by atoms with E-state index in [-0.39, 0.29) is 5.91 Å². The van der Waals surface area contributed by atoms with Crippen molar-refractivity contribution in [2.24, 2.45) is 5.92 Å². The Morgan fingerprint density at radius 3 is 2.29 bits per heavy atom. The molecule has 1 aromatic heterocycles. The van der Waals surface area contributed by atoms with E-state index < -0.39 is 0 Å². The standard InChI is InChI=1S/C20H25N3O/c1-14-7-9-16(10-8-14)23(17-11-12-17)20(24)19-13-18(21-22-19)15-5-3-2-4-6-15/h2-6,13-14,16-17H,7-12H2,1H3,(H,21,22). The number of hydrogen-bond acceptors (Lipinski definition) is 2. The fraction of sp³-hybridized carbons (Fsp3) is 0.500. The van der Waals surface area contributed by atoms with Gasteiger partial charge in [0.1, 0.15) is 5.69 Å². The number of aromatic nitrogens is 2. The van der Waals surface area contributed by atoms with Gasteiger partial charge in [-0.2, -0.15) is 5.10 Å². The van der Waals surface area contributed by atoms with E-state index in [4.69, 9.17) is 0 Å². The quantitative estimate of drug-likeness (QED) is 0.914. The Kier molecular flexibility index (Phi) is 4.13. The molecular weight excluding hydrogens is 298 g/mol. The molecule has 1 amide bonds. The van der Waals surface area contributed by atoms with Gasteiger partial charge in [-0.25, -0.2) is 0 Å². The number of nitrogens with zero attached hydrogens (tertiary/aromatic N) is 2. The molecule has 2 aliphatic rings. The number of carbonyl (C=O) groups is 1. The van der Waals surface area contributed by atoms with Crippen molar-refractivity contribution in [3.8, 4) is 11.3 Å². The van der Waals surface area contributed by atoms with Gasteiger partial charge >= 0.3 is 0 Å². The lowest BCUT2D eigenvalue weighted by atomic mass is 9.86. The van der Waals surface area contributed by atoms with E-state index in [2.05, 4.69) is 22.0 Å². The van der Waals surface area contributed by atoms with Crippen LogP contribution < -0.4 is 0 Å². The van der Waals surface area contributed by atoms with Crippen LogP contribution in [0.3, 0.4) is 0 Å². The highest BCUT2D eigenvalue weighted by Crippen LogP contribution is 2.36. The third-order valence-electron chi connectivity index (χ3n) is 5.43. The molecule has 0 atom stereocenters. The van der Waals surface area contributed by atoms with Gasteiger partial charge in [-0.15, -0.1) is 0 Å². The first kappa shape index (κ1) is 15.4. The van der Waals surface area contributed by atoms with Gasteiger partial charge < -0.3 is 4.90 Å². The molecule has 0 bridgehead atoms. The Bertz CT molecular complexity index is 697. The van der Waals surface area contributed by atoms with Crippen LogP contribution in [0.25, 0.3) is 11.3 Å². The van der Waals surface area contributed by atoms with Crippen LogP contribution in [0.4, 0.5) is 0 Å². The van der Waals surface area contributed by atoms with Crippen molar-refractivity contribution < 1.29 is 4.79 Å². The molecule has 126 valence electrons. The molecule has 4 nitrogen and oxygen atoms in total. The molecular formula is C20H25N3O. The number of hydrogen-bond donors (Lipinski definition) is 1. The second-order valence-electron chi connectivity index (χ2n) is 7.39. The Hall–Kier alpha value is -2.10. The summed E-state index contributed by atoms with van der Waals surface area (Å²) >= 11 is 0. The van der Waals surface area contributed by atoms with Crippen molar-refractivity contribution in [3.63, 3.8) is 0 Å². The van der Waals surface area contributed by atoms with Crippen molar-refractivity contribution in [3.05, 3.63) is 42.1 Å². The molecule has 0 saturated heterocycles. The molecule has 1 heterocycles. The summed E-state index contributed by atoms with van der Waals surface area (Å²) in [6, 6.07) is 12.8. The fourth-order valence-corrected chi connectivity index (χ4v) is 3.83. The van der Waals surface area contributed by atoms with Gasteiger partial charge in [0.05, 0.1) is 5.69 Å². The lowest BCUT2D eigenvalue weighted by Crippen LogP contribution is -2.43. The molecule has 0 aliphatic heterocycles. The highest BCUT2D eigenvalue weighted by molar-refractivity contribution is 5.94. The van der Waals surface area contributed by atoms with E-state index in [9.17, 15) is 4.79 Å². The number of rotatable bonds is 4. The number of carbonyl (C=O) groups excluding carboxylic acids is 1. The normalized spacial score (nSPS) is 23.9. The average molecular weight is 323 g/mol. The Balaban J connectivity index is 1.54. The molecule has 0 spiro atoms. The number of amides is 1. The molecule has 2 aliphatic carbocycles. The summed E-state index contributed by atoms with van der Waals surface area (Å²) in [6.07, 6.45) is 7.06. The van der Waals surface area contributed by atoms with Gasteiger partial charge in [0, 0.05) is 17.6 Å². The van der Waals surface area contributed by atoms with Crippen molar-refractivity contribution in [2.75, 3.05) is 0 Å². The van der Waals surface area contributed by atoms with Crippen LogP contribution >= 0.6 is 0 Å². The van der Waals surface area contributed by atoms with E-state index in [1.807, 2.05) is 36.4 Å². The molecule has 0 unspecified atom stereocenters. The summed E-state index contributed by atoms with van der Waals surface area (Å²) < 4.78 is 0. The van der Waals surface area contributed by atoms with Crippen LogP contribution in [-0.2, 0) is 0 Å². The molecule has 1 aromatic carbocycles. The van der Waals surface area contributed by atoms with Crippen molar-refractivity contribution >= 4 is 5.91 Å². The summed E-state index contributed by atoms with van der Waals surface area (Å²) in [5.41, 5.74) is 2.50. The van der Waals surface area contributed by atoms with E-state index in [0.29, 0.717) is 17.8 Å². The summed E-state index contributed by atoms with van der Waals surface area (Å²) in [6.45, 7) is 2.32. The Morgan fingerprint density at radius 2 is 1.67 bits per heavy atom. The second-order valence-corrected chi connectivity index (χ2v) is 7.39. The maximum Gasteiger partial charge on any atom is 0.272 e. The van der Waals surface area contributed by atoms with Crippen LogP contribution in [0.1, 0.15) is 55.9 Å². The number of aromatic amines is 1. The van der Waals surface area contributed by atoms with E-state index in [0.717, 1.165) is 42.9 Å². The van der Waals surface area contributed by atoms with Gasteiger partial charge in [-0.1, -0.05) is 37.3 Å². The Labute approximate surface area is 143 Å². The summed E-state index contributed by atoms with van der Waals surface area (Å²) in [5, 5.41) is 7.33. The molecule has 24 heavy (non-hydrogen) atoms. The summed E-state index contributed by atoms with van der Waals surface area (Å²) in [5.74, 6) is 0.931. The van der Waals surface area contributed by atoms with Crippen LogP contribution in [0.5, 0.6) is 0 Å². The van der Waals surface area contributed by atoms with E-state index in [1.54, 1.807) is 0 Å². The topological polar surface area (TPSA) is 49.0 Å². The molecule has 1 N–H and O–H groups in total. The van der Waals surface area contributed by atoms with Gasteiger partial charge in [0.15, 0.2) is 0 Å². The van der Waals surface area contributed by atoms with Crippen LogP contribution in [0.2, 0.25) is 0 Å². The van der Waals surface area contributed by atoms with Crippen LogP contribution in [-0.4, -0.2) is 33.1 Å². The summed E-state index contributed by atoms with van der Waals surface area (Å²) in [4.78, 5) is 15.3. The fourth-order valence-electron chi connectivity index (χ4n) is 3.83. The minimum absolute atomic E-state index is 0.131. The number of benzene rings is 1. The van der Waals surface area contributed by atoms with Crippen molar-refractivity contribution in [2.45, 2.75) is 57.5 Å². The lowest BCUT2D eigenvalue weighted by Gasteiger charge is -2.36. The smallest absolute Gasteiger partial charge is 0.272 e. The minimum atomic E-state index is 0.131. The maximum absolute atomic E-state index is 13.1. The van der Waals surface area contributed by atoms with Crippen molar-refractivity contribution in [1.29, 1.82) is 0 Å². The van der Waals surface area contributed by atoms with Crippen molar-refractivity contribution in [1.82, 2.24) is 15.1 Å². The zero-order valence-electron chi connectivity index (χ0n) is 14.2. The maximum atomic E-state index is 13.1. The van der Waals surface area contributed by atoms with E-state index >= 15 is 0 Å². The highest BCUT2D eigenvalue weighted by Gasteiger charge is 2.39. The largest absolute Gasteiger partial charge is 0.331 e. The zero-order valence-corrected chi connectivity index (χ0v) is 14.2. The molecule has 4 rings (SSSR count). The first-order valence-corrected chi connectivity index (χ1v) is 9.16. The predicted octanol–water partition coefficient (Wildman–Crippen LogP) is 4.26. The Morgan fingerprint density at radius 1 is 1.04 bits per heavy atom. The third-order valence-corrected chi connectivity index (χ3v) is 5.43. The SMILES string of the molecule is CC1CCC(N(C(=O)c2cc(-c3ccccc3)n[nH]2)C2CC2)CC1. The number of H-pyrrole nitrogens is 1. The third kappa shape index (κ3) is 3.10. The van der Waals surface area contributed by atoms with Gasteiger partial charge in [0.25, 0.3) is 5.91 Å². The summed E-state index contributed by atoms with van der Waals surface area (Å²) in [7, 11) is 0. The average Bonchev–Trinajstić information content (AvgIpc) is 3.32. The molecule has 2 saturated carbocycles. The first-order chi connectivity index (χ1) is 11.7. The van der Waals surface area contributed by atoms with Gasteiger partial charge in [-0.05, 0) is 50.5 Å².